The fourth-order valence-corrected chi connectivity index (χ4v) is 3.66. The van der Waals surface area contributed by atoms with Crippen molar-refractivity contribution in [2.24, 2.45) is 0 Å². The van der Waals surface area contributed by atoms with Gasteiger partial charge in [0, 0.05) is 12.6 Å². The van der Waals surface area contributed by atoms with Crippen LogP contribution in [0, 0.1) is 0 Å². The van der Waals surface area contributed by atoms with Crippen LogP contribution in [0.25, 0.3) is 0 Å². The number of hydrogen-bond donors (Lipinski definition) is 0. The van der Waals surface area contributed by atoms with Crippen molar-refractivity contribution >= 4 is 16.2 Å². The van der Waals surface area contributed by atoms with E-state index < -0.39 is 21.8 Å². The molecule has 7 heteroatoms. The first-order chi connectivity index (χ1) is 11.5. The molecule has 1 aromatic carbocycles. The summed E-state index contributed by atoms with van der Waals surface area (Å²) in [6, 6.07) is 9.65. The normalized spacial score (nSPS) is 21.8. The highest BCUT2D eigenvalue weighted by molar-refractivity contribution is 7.86. The number of amides is 1. The summed E-state index contributed by atoms with van der Waals surface area (Å²) in [5, 5.41) is 0. The van der Waals surface area contributed by atoms with Crippen LogP contribution in [-0.2, 0) is 25.5 Å². The number of ether oxygens (including phenoxy) is 1. The molecule has 6 nitrogen and oxygen atoms in total. The second-order valence-electron chi connectivity index (χ2n) is 7.46. The molecule has 0 aliphatic carbocycles. The van der Waals surface area contributed by atoms with Crippen molar-refractivity contribution in [3.63, 3.8) is 0 Å². The van der Waals surface area contributed by atoms with Crippen LogP contribution in [0.2, 0.25) is 0 Å². The molecule has 1 fully saturated rings. The molecule has 0 N–H and O–H groups in total. The molecule has 0 bridgehead atoms. The van der Waals surface area contributed by atoms with Gasteiger partial charge < -0.3 is 9.64 Å². The Morgan fingerprint density at radius 2 is 1.88 bits per heavy atom. The Kier molecular flexibility index (Phi) is 6.11. The van der Waals surface area contributed by atoms with E-state index in [0.717, 1.165) is 11.8 Å². The molecule has 25 heavy (non-hydrogen) atoms. The van der Waals surface area contributed by atoms with Gasteiger partial charge in [-0.05, 0) is 45.6 Å². The van der Waals surface area contributed by atoms with Crippen molar-refractivity contribution < 1.29 is 22.1 Å². The zero-order valence-electron chi connectivity index (χ0n) is 15.3. The Hall–Kier alpha value is -1.60. The lowest BCUT2D eigenvalue weighted by atomic mass is 9.94. The third-order valence-corrected chi connectivity index (χ3v) is 4.54. The molecule has 0 spiro atoms. The summed E-state index contributed by atoms with van der Waals surface area (Å²) in [6.45, 7) is 5.90. The minimum atomic E-state index is -3.52. The fourth-order valence-electron chi connectivity index (χ4n) is 2.99. The van der Waals surface area contributed by atoms with Gasteiger partial charge in [0.05, 0.1) is 12.4 Å². The van der Waals surface area contributed by atoms with Gasteiger partial charge in [-0.1, -0.05) is 30.3 Å². The first-order valence-electron chi connectivity index (χ1n) is 8.45. The smallest absolute Gasteiger partial charge is 0.410 e. The first-order valence-corrected chi connectivity index (χ1v) is 10.3. The number of nitrogens with zero attached hydrogens (tertiary/aromatic N) is 1. The minimum Gasteiger partial charge on any atom is -0.444 e. The van der Waals surface area contributed by atoms with Gasteiger partial charge in [0.25, 0.3) is 10.1 Å². The molecular formula is C18H27NO5S. The summed E-state index contributed by atoms with van der Waals surface area (Å²) in [6.07, 6.45) is 1.83. The van der Waals surface area contributed by atoms with E-state index in [9.17, 15) is 13.2 Å². The predicted octanol–water partition coefficient (Wildman–Crippen LogP) is 2.97. The van der Waals surface area contributed by atoms with Crippen molar-refractivity contribution in [3.8, 4) is 0 Å². The van der Waals surface area contributed by atoms with E-state index in [4.69, 9.17) is 8.92 Å². The largest absolute Gasteiger partial charge is 0.444 e. The lowest BCUT2D eigenvalue weighted by Crippen LogP contribution is -2.50. The molecule has 0 aromatic heterocycles. The molecule has 1 heterocycles. The van der Waals surface area contributed by atoms with E-state index in [0.29, 0.717) is 25.8 Å². The van der Waals surface area contributed by atoms with Crippen LogP contribution in [0.3, 0.4) is 0 Å². The average Bonchev–Trinajstić information content (AvgIpc) is 2.45. The van der Waals surface area contributed by atoms with Crippen LogP contribution >= 0.6 is 0 Å². The van der Waals surface area contributed by atoms with Gasteiger partial charge in [0.2, 0.25) is 0 Å². The maximum Gasteiger partial charge on any atom is 0.410 e. The summed E-state index contributed by atoms with van der Waals surface area (Å²) in [5.74, 6) is 0. The Morgan fingerprint density at radius 1 is 1.24 bits per heavy atom. The van der Waals surface area contributed by atoms with E-state index in [1.807, 2.05) is 51.1 Å². The first kappa shape index (κ1) is 19.7. The second kappa shape index (κ2) is 7.74. The highest BCUT2D eigenvalue weighted by Gasteiger charge is 2.35. The summed E-state index contributed by atoms with van der Waals surface area (Å²) >= 11 is 0. The topological polar surface area (TPSA) is 72.9 Å². The standard InChI is InChI=1S/C18H27NO5S/c1-18(2,3)23-17(20)19-11-10-16(24-25(4,21)22)13-15(19)12-14-8-6-5-7-9-14/h5-9,15-16H,10-13H2,1-4H3/t15-,16-/m1/s1. The molecule has 1 saturated heterocycles. The number of rotatable bonds is 4. The highest BCUT2D eigenvalue weighted by Crippen LogP contribution is 2.26. The maximum atomic E-state index is 12.6. The molecule has 0 radical (unpaired) electrons. The lowest BCUT2D eigenvalue weighted by molar-refractivity contribution is -0.00294. The van der Waals surface area contributed by atoms with Crippen LogP contribution in [0.4, 0.5) is 4.79 Å². The molecule has 0 saturated carbocycles. The highest BCUT2D eigenvalue weighted by atomic mass is 32.2. The molecule has 2 atom stereocenters. The minimum absolute atomic E-state index is 0.169. The summed E-state index contributed by atoms with van der Waals surface area (Å²) in [7, 11) is -3.52. The van der Waals surface area contributed by atoms with Crippen LogP contribution in [0.1, 0.15) is 39.2 Å². The van der Waals surface area contributed by atoms with E-state index in [2.05, 4.69) is 0 Å². The number of carbonyl (C=O) groups is 1. The zero-order chi connectivity index (χ0) is 18.7. The molecule has 1 amide bonds. The van der Waals surface area contributed by atoms with Crippen molar-refractivity contribution in [2.45, 2.75) is 57.8 Å². The third kappa shape index (κ3) is 6.66. The molecule has 0 unspecified atom stereocenters. The van der Waals surface area contributed by atoms with Gasteiger partial charge in [0.1, 0.15) is 5.60 Å². The van der Waals surface area contributed by atoms with E-state index in [-0.39, 0.29) is 12.1 Å². The summed E-state index contributed by atoms with van der Waals surface area (Å²) in [5.41, 5.74) is 0.509. The van der Waals surface area contributed by atoms with Crippen LogP contribution in [0.15, 0.2) is 30.3 Å². The predicted molar refractivity (Wildman–Crippen MR) is 95.8 cm³/mol. The van der Waals surface area contributed by atoms with Gasteiger partial charge in [-0.2, -0.15) is 8.42 Å². The summed E-state index contributed by atoms with van der Waals surface area (Å²) < 4.78 is 33.6. The quantitative estimate of drug-likeness (QED) is 0.763. The molecule has 1 aromatic rings. The Labute approximate surface area is 150 Å². The maximum absolute atomic E-state index is 12.6. The Bertz CT molecular complexity index is 681. The van der Waals surface area contributed by atoms with E-state index >= 15 is 0 Å². The lowest BCUT2D eigenvalue weighted by Gasteiger charge is -2.39. The molecule has 140 valence electrons. The van der Waals surface area contributed by atoms with Crippen LogP contribution in [0.5, 0.6) is 0 Å². The molecule has 1 aliphatic heterocycles. The van der Waals surface area contributed by atoms with Gasteiger partial charge in [-0.3, -0.25) is 4.18 Å². The molecular weight excluding hydrogens is 342 g/mol. The monoisotopic (exact) mass is 369 g/mol. The van der Waals surface area contributed by atoms with Gasteiger partial charge in [-0.15, -0.1) is 0 Å². The third-order valence-electron chi connectivity index (χ3n) is 3.92. The number of benzene rings is 1. The van der Waals surface area contributed by atoms with Gasteiger partial charge in [0.15, 0.2) is 0 Å². The van der Waals surface area contributed by atoms with Crippen molar-refractivity contribution in [3.05, 3.63) is 35.9 Å². The second-order valence-corrected chi connectivity index (χ2v) is 9.06. The van der Waals surface area contributed by atoms with E-state index in [1.165, 1.54) is 0 Å². The van der Waals surface area contributed by atoms with Crippen molar-refractivity contribution in [1.82, 2.24) is 4.90 Å². The zero-order valence-corrected chi connectivity index (χ0v) is 16.1. The number of hydrogen-bond acceptors (Lipinski definition) is 5. The number of piperidine rings is 1. The number of likely N-dealkylation sites (tertiary alicyclic amines) is 1. The van der Waals surface area contributed by atoms with Gasteiger partial charge in [-0.25, -0.2) is 4.79 Å². The average molecular weight is 369 g/mol. The van der Waals surface area contributed by atoms with Crippen molar-refractivity contribution in [2.75, 3.05) is 12.8 Å². The van der Waals surface area contributed by atoms with E-state index in [1.54, 1.807) is 4.90 Å². The molecule has 1 aliphatic rings. The SMILES string of the molecule is CC(C)(C)OC(=O)N1CC[C@@H](OS(C)(=O)=O)C[C@H]1Cc1ccccc1. The molecule has 2 rings (SSSR count). The van der Waals surface area contributed by atoms with Gasteiger partial charge >= 0.3 is 6.09 Å². The Balaban J connectivity index is 2.15. The fraction of sp³-hybridized carbons (Fsp3) is 0.611. The summed E-state index contributed by atoms with van der Waals surface area (Å²) in [4.78, 5) is 14.2. The van der Waals surface area contributed by atoms with Crippen molar-refractivity contribution in [1.29, 1.82) is 0 Å². The van der Waals surface area contributed by atoms with Crippen LogP contribution in [-0.4, -0.2) is 50.0 Å². The Morgan fingerprint density at radius 3 is 2.44 bits per heavy atom. The van der Waals surface area contributed by atoms with Crippen LogP contribution < -0.4 is 0 Å². The number of carbonyl (C=O) groups excluding carboxylic acids is 1.